The van der Waals surface area contributed by atoms with Crippen LogP contribution in [0.5, 0.6) is 11.5 Å². The van der Waals surface area contributed by atoms with E-state index in [0.717, 1.165) is 84.0 Å². The fourth-order valence-electron chi connectivity index (χ4n) is 13.7. The number of aromatic nitrogens is 2. The predicted molar refractivity (Wildman–Crippen MR) is 376 cm³/mol. The summed E-state index contributed by atoms with van der Waals surface area (Å²) in [6.45, 7) is 9.16. The molecule has 4 aromatic rings. The third kappa shape index (κ3) is 30.1. The second-order valence-electron chi connectivity index (χ2n) is 26.8. The Kier molecular flexibility index (Phi) is 43.3. The summed E-state index contributed by atoms with van der Waals surface area (Å²) in [5, 5.41) is 55.2. The molecule has 9 heteroatoms. The Morgan fingerprint density at radius 3 is 0.682 bits per heavy atom. The first-order valence-electron chi connectivity index (χ1n) is 37.1. The number of hydrogen-bond donors (Lipinski definition) is 4. The van der Waals surface area contributed by atoms with Crippen molar-refractivity contribution < 1.29 is 20.4 Å². The highest BCUT2D eigenvalue weighted by atomic mass is 32.1. The number of rotatable bonds is 60. The Morgan fingerprint density at radius 2 is 0.482 bits per heavy atom. The van der Waals surface area contributed by atoms with E-state index >= 15 is 0 Å². The lowest BCUT2D eigenvalue weighted by molar-refractivity contribution is 0.0137. The fourth-order valence-corrected chi connectivity index (χ4v) is 16.3. The van der Waals surface area contributed by atoms with Crippen LogP contribution in [-0.4, -0.2) is 29.2 Å². The quantitative estimate of drug-likeness (QED) is 0.0259. The number of hydrogen-bond acceptors (Lipinski definition) is 9. The van der Waals surface area contributed by atoms with E-state index < -0.39 is 11.2 Å². The molecule has 0 aliphatic rings. The molecule has 4 rings (SSSR count). The molecule has 0 bridgehead atoms. The van der Waals surface area contributed by atoms with Gasteiger partial charge in [0.05, 0.1) is 34.1 Å². The van der Waals surface area contributed by atoms with Crippen molar-refractivity contribution in [2.45, 2.75) is 398 Å². The van der Waals surface area contributed by atoms with E-state index in [1.54, 1.807) is 0 Å². The van der Waals surface area contributed by atoms with Crippen molar-refractivity contribution in [2.75, 3.05) is 0 Å². The Labute approximate surface area is 536 Å². The molecule has 1 aromatic carbocycles. The number of fused-ring (bicyclic) bond motifs is 1. The van der Waals surface area contributed by atoms with E-state index in [2.05, 4.69) is 39.8 Å². The SMILES string of the molecule is CCCCCCCCCCCCCCCC(O)(CCCCCCCCCCCCCCC)c1ccsc1-c1c(O)c(O)c(-c2sccc2C(O)(CCCCCCCCCCCCCCC)CCCCCCCCCCCCCCC)c2nsnc12. The van der Waals surface area contributed by atoms with Crippen molar-refractivity contribution >= 4 is 45.4 Å². The summed E-state index contributed by atoms with van der Waals surface area (Å²) in [5.74, 6) is -0.418. The topological polar surface area (TPSA) is 107 Å². The molecule has 0 spiro atoms. The standard InChI is InChI=1S/C76H132N2O4S3/c1-5-9-13-17-21-25-29-33-37-41-45-49-53-59-75(81,60-54-50-46-42-38-34-30-26-22-18-14-10-6-2)65-57-63-83-73(65)67-69-70(78-85-77-69)68(72(80)71(67)79)74-66(58-64-84-74)76(82,61-55-51-47-43-39-35-31-27-23-19-15-11-7-3)62-56-52-48-44-40-36-32-28-24-20-16-12-8-4/h57-58,63-64,79-82H,5-56,59-62H2,1-4H3. The molecule has 3 heterocycles. The van der Waals surface area contributed by atoms with Crippen molar-refractivity contribution in [3.63, 3.8) is 0 Å². The van der Waals surface area contributed by atoms with Gasteiger partial charge in [-0.2, -0.15) is 8.75 Å². The van der Waals surface area contributed by atoms with Crippen LogP contribution in [-0.2, 0) is 11.2 Å². The number of phenolic OH excluding ortho intramolecular Hbond substituents is 2. The molecule has 3 aromatic heterocycles. The highest BCUT2D eigenvalue weighted by Crippen LogP contribution is 2.55. The van der Waals surface area contributed by atoms with Gasteiger partial charge in [0.1, 0.15) is 11.0 Å². The first kappa shape index (κ1) is 75.4. The molecular formula is C76H132N2O4S3. The number of aliphatic hydroxyl groups is 2. The molecule has 488 valence electrons. The highest BCUT2D eigenvalue weighted by molar-refractivity contribution is 7.14. The Morgan fingerprint density at radius 1 is 0.294 bits per heavy atom. The molecule has 4 N–H and O–H groups in total. The van der Waals surface area contributed by atoms with Crippen LogP contribution in [0.1, 0.15) is 398 Å². The van der Waals surface area contributed by atoms with Crippen LogP contribution >= 0.6 is 34.4 Å². The first-order chi connectivity index (χ1) is 41.8. The van der Waals surface area contributed by atoms with Gasteiger partial charge in [-0.1, -0.05) is 362 Å². The summed E-state index contributed by atoms with van der Waals surface area (Å²) in [6, 6.07) is 4.15. The summed E-state index contributed by atoms with van der Waals surface area (Å²) >= 11 is 4.14. The van der Waals surface area contributed by atoms with Gasteiger partial charge in [0.15, 0.2) is 11.5 Å². The maximum atomic E-state index is 13.1. The van der Waals surface area contributed by atoms with E-state index in [1.165, 1.54) is 305 Å². The third-order valence-corrected chi connectivity index (χ3v) is 21.6. The predicted octanol–water partition coefficient (Wildman–Crippen LogP) is 26.9. The highest BCUT2D eigenvalue weighted by Gasteiger charge is 2.37. The van der Waals surface area contributed by atoms with Gasteiger partial charge in [-0.25, -0.2) is 0 Å². The molecule has 0 atom stereocenters. The minimum Gasteiger partial charge on any atom is -0.504 e. The lowest BCUT2D eigenvalue weighted by atomic mass is 9.81. The second kappa shape index (κ2) is 48.8. The van der Waals surface area contributed by atoms with Gasteiger partial charge in [0.2, 0.25) is 0 Å². The molecule has 0 aliphatic heterocycles. The van der Waals surface area contributed by atoms with E-state index in [9.17, 15) is 20.4 Å². The number of nitrogens with zero attached hydrogens (tertiary/aromatic N) is 2. The molecule has 0 radical (unpaired) electrons. The van der Waals surface area contributed by atoms with Gasteiger partial charge in [-0.3, -0.25) is 0 Å². The minimum absolute atomic E-state index is 0.209. The number of phenols is 2. The van der Waals surface area contributed by atoms with Crippen LogP contribution in [0.15, 0.2) is 22.9 Å². The van der Waals surface area contributed by atoms with E-state index in [1.807, 2.05) is 10.8 Å². The molecule has 0 fully saturated rings. The molecular weight excluding hydrogens is 1100 g/mol. The normalized spacial score (nSPS) is 12.3. The Balaban J connectivity index is 1.49. The lowest BCUT2D eigenvalue weighted by Crippen LogP contribution is -2.26. The number of aromatic hydroxyl groups is 2. The smallest absolute Gasteiger partial charge is 0.169 e. The maximum Gasteiger partial charge on any atom is 0.169 e. The Bertz CT molecular complexity index is 1970. The fraction of sp³-hybridized carbons (Fsp3) is 0.816. The first-order valence-corrected chi connectivity index (χ1v) is 39.6. The number of benzene rings is 1. The minimum atomic E-state index is -1.07. The van der Waals surface area contributed by atoms with Gasteiger partial charge < -0.3 is 20.4 Å². The zero-order valence-corrected chi connectivity index (χ0v) is 58.3. The third-order valence-electron chi connectivity index (χ3n) is 19.2. The molecule has 0 unspecified atom stereocenters. The largest absolute Gasteiger partial charge is 0.504 e. The maximum absolute atomic E-state index is 13.1. The van der Waals surface area contributed by atoms with Crippen LogP contribution in [0, 0.1) is 0 Å². The van der Waals surface area contributed by atoms with Crippen LogP contribution in [0.3, 0.4) is 0 Å². The summed E-state index contributed by atoms with van der Waals surface area (Å²) < 4.78 is 9.80. The van der Waals surface area contributed by atoms with E-state index in [4.69, 9.17) is 8.75 Å². The zero-order chi connectivity index (χ0) is 60.7. The Hall–Kier alpha value is -2.04. The van der Waals surface area contributed by atoms with Crippen LogP contribution in [0.25, 0.3) is 31.9 Å². The van der Waals surface area contributed by atoms with Crippen LogP contribution in [0.4, 0.5) is 0 Å². The zero-order valence-electron chi connectivity index (χ0n) is 55.8. The molecule has 6 nitrogen and oxygen atoms in total. The van der Waals surface area contributed by atoms with E-state index in [0.29, 0.717) is 47.8 Å². The van der Waals surface area contributed by atoms with Crippen molar-refractivity contribution in [1.29, 1.82) is 0 Å². The summed E-state index contributed by atoms with van der Waals surface area (Å²) in [5.41, 5.74) is 1.59. The molecule has 0 aliphatic carbocycles. The van der Waals surface area contributed by atoms with Crippen molar-refractivity contribution in [3.8, 4) is 32.4 Å². The summed E-state index contributed by atoms with van der Waals surface area (Å²) in [4.78, 5) is 1.55. The number of thiophene rings is 2. The van der Waals surface area contributed by atoms with Crippen LogP contribution in [0.2, 0.25) is 0 Å². The second-order valence-corrected chi connectivity index (χ2v) is 29.1. The molecule has 0 saturated heterocycles. The lowest BCUT2D eigenvalue weighted by Gasteiger charge is -2.30. The monoisotopic (exact) mass is 1230 g/mol. The summed E-state index contributed by atoms with van der Waals surface area (Å²) in [7, 11) is 0. The van der Waals surface area contributed by atoms with E-state index in [-0.39, 0.29) is 11.5 Å². The molecule has 85 heavy (non-hydrogen) atoms. The average molecular weight is 1230 g/mol. The number of unbranched alkanes of at least 4 members (excludes halogenated alkanes) is 48. The van der Waals surface area contributed by atoms with Gasteiger partial charge >= 0.3 is 0 Å². The van der Waals surface area contributed by atoms with Gasteiger partial charge in [0.25, 0.3) is 0 Å². The van der Waals surface area contributed by atoms with Crippen molar-refractivity contribution in [2.24, 2.45) is 0 Å². The average Bonchev–Trinajstić information content (AvgIpc) is 2.88. The van der Waals surface area contributed by atoms with Crippen molar-refractivity contribution in [1.82, 2.24) is 8.75 Å². The van der Waals surface area contributed by atoms with Crippen molar-refractivity contribution in [3.05, 3.63) is 34.0 Å². The summed E-state index contributed by atoms with van der Waals surface area (Å²) in [6.07, 6.45) is 69.5. The van der Waals surface area contributed by atoms with Gasteiger partial charge in [-0.05, 0) is 48.6 Å². The molecule has 0 saturated carbocycles. The van der Waals surface area contributed by atoms with Gasteiger partial charge in [-0.15, -0.1) is 22.7 Å². The molecule has 0 amide bonds. The van der Waals surface area contributed by atoms with Gasteiger partial charge in [0, 0.05) is 20.9 Å². The van der Waals surface area contributed by atoms with Crippen LogP contribution < -0.4 is 0 Å².